The Balaban J connectivity index is 3.03. The number of esters is 1. The van der Waals surface area contributed by atoms with E-state index < -0.39 is 5.97 Å². The van der Waals surface area contributed by atoms with Crippen molar-refractivity contribution >= 4 is 24.2 Å². The summed E-state index contributed by atoms with van der Waals surface area (Å²) in [5.41, 5.74) is 1.09. The normalized spacial score (nSPS) is 10.4. The molecule has 0 N–H and O–H groups in total. The summed E-state index contributed by atoms with van der Waals surface area (Å²) in [7, 11) is 3.73. The van der Waals surface area contributed by atoms with E-state index in [1.165, 1.54) is 6.20 Å². The smallest absolute Gasteiger partial charge is 0.339 e. The summed E-state index contributed by atoms with van der Waals surface area (Å²) >= 11 is 0. The van der Waals surface area contributed by atoms with Gasteiger partial charge in [-0.3, -0.25) is 0 Å². The van der Waals surface area contributed by atoms with Gasteiger partial charge in [0.1, 0.15) is 0 Å². The van der Waals surface area contributed by atoms with Crippen LogP contribution in [0.25, 0.3) is 6.08 Å². The van der Waals surface area contributed by atoms with Gasteiger partial charge in [-0.15, -0.1) is 0 Å². The lowest BCUT2D eigenvalue weighted by molar-refractivity contribution is 0.0526. The maximum atomic E-state index is 11.5. The van der Waals surface area contributed by atoms with Crippen LogP contribution < -0.4 is 0 Å². The van der Waals surface area contributed by atoms with E-state index in [0.717, 1.165) is 0 Å². The Hall–Kier alpha value is -2.17. The van der Waals surface area contributed by atoms with E-state index in [0.29, 0.717) is 23.6 Å². The van der Waals surface area contributed by atoms with Crippen LogP contribution in [0.1, 0.15) is 22.8 Å². The van der Waals surface area contributed by atoms with E-state index in [1.807, 2.05) is 14.1 Å². The summed E-state index contributed by atoms with van der Waals surface area (Å²) in [4.78, 5) is 21.7. The molecular formula is C13H17N3O2. The summed E-state index contributed by atoms with van der Waals surface area (Å²) in [6, 6.07) is 1.67. The largest absolute Gasteiger partial charge is 0.462 e. The number of carbonyl (C=O) groups is 1. The van der Waals surface area contributed by atoms with Crippen LogP contribution in [0, 0.1) is 0 Å². The topological polar surface area (TPSA) is 54.8 Å². The van der Waals surface area contributed by atoms with Crippen LogP contribution in [-0.2, 0) is 4.74 Å². The molecule has 0 radical (unpaired) electrons. The van der Waals surface area contributed by atoms with Crippen molar-refractivity contribution in [1.82, 2.24) is 9.88 Å². The number of nitrogens with zero attached hydrogens (tertiary/aromatic N) is 3. The average molecular weight is 247 g/mol. The zero-order valence-corrected chi connectivity index (χ0v) is 10.9. The van der Waals surface area contributed by atoms with Crippen molar-refractivity contribution in [1.29, 1.82) is 0 Å². The molecule has 1 aromatic heterocycles. The summed E-state index contributed by atoms with van der Waals surface area (Å²) < 4.78 is 4.91. The van der Waals surface area contributed by atoms with Gasteiger partial charge in [0, 0.05) is 25.9 Å². The molecule has 0 aromatic carbocycles. The standard InChI is InChI=1S/C13H17N3O2/c1-5-10-7-11(13(17)18-6-2)8-14-12(10)15-9-16(3)4/h5,7-9H,1,6H2,2-4H3/b15-9+. The van der Waals surface area contributed by atoms with E-state index in [4.69, 9.17) is 4.74 Å². The SMILES string of the molecule is C=Cc1cc(C(=O)OCC)cnc1/N=C/N(C)C. The Labute approximate surface area is 107 Å². The molecule has 0 amide bonds. The predicted molar refractivity (Wildman–Crippen MR) is 72.1 cm³/mol. The molecule has 0 aliphatic rings. The van der Waals surface area contributed by atoms with Crippen LogP contribution in [-0.4, -0.2) is 42.9 Å². The molecule has 1 rings (SSSR count). The van der Waals surface area contributed by atoms with Gasteiger partial charge in [0.25, 0.3) is 0 Å². The van der Waals surface area contributed by atoms with E-state index in [-0.39, 0.29) is 0 Å². The van der Waals surface area contributed by atoms with Crippen molar-refractivity contribution in [2.75, 3.05) is 20.7 Å². The number of hydrogen-bond donors (Lipinski definition) is 0. The number of ether oxygens (including phenoxy) is 1. The second-order valence-corrected chi connectivity index (χ2v) is 3.77. The Bertz CT molecular complexity index is 467. The highest BCUT2D eigenvalue weighted by atomic mass is 16.5. The molecule has 0 saturated heterocycles. The number of carbonyl (C=O) groups excluding carboxylic acids is 1. The molecule has 0 aliphatic heterocycles. The molecule has 0 bridgehead atoms. The Kier molecular flexibility index (Phi) is 5.05. The van der Waals surface area contributed by atoms with Gasteiger partial charge in [0.05, 0.1) is 18.5 Å². The van der Waals surface area contributed by atoms with Crippen molar-refractivity contribution in [3.63, 3.8) is 0 Å². The lowest BCUT2D eigenvalue weighted by Crippen LogP contribution is -2.08. The number of hydrogen-bond acceptors (Lipinski definition) is 4. The average Bonchev–Trinajstić information content (AvgIpc) is 2.36. The van der Waals surface area contributed by atoms with Gasteiger partial charge in [0.2, 0.25) is 0 Å². The first-order chi connectivity index (χ1) is 8.58. The maximum absolute atomic E-state index is 11.5. The molecule has 0 fully saturated rings. The molecule has 5 nitrogen and oxygen atoms in total. The second-order valence-electron chi connectivity index (χ2n) is 3.77. The summed E-state index contributed by atoms with van der Waals surface area (Å²) in [6.45, 7) is 5.78. The van der Waals surface area contributed by atoms with Gasteiger partial charge in [-0.1, -0.05) is 12.7 Å². The van der Waals surface area contributed by atoms with Crippen LogP contribution in [0.2, 0.25) is 0 Å². The third kappa shape index (κ3) is 3.69. The van der Waals surface area contributed by atoms with Crippen LogP contribution in [0.4, 0.5) is 5.82 Å². The third-order valence-corrected chi connectivity index (χ3v) is 2.04. The van der Waals surface area contributed by atoms with Crippen molar-refractivity contribution in [2.45, 2.75) is 6.92 Å². The van der Waals surface area contributed by atoms with E-state index >= 15 is 0 Å². The van der Waals surface area contributed by atoms with Gasteiger partial charge in [-0.05, 0) is 13.0 Å². The first kappa shape index (κ1) is 13.9. The quantitative estimate of drug-likeness (QED) is 0.454. The van der Waals surface area contributed by atoms with Crippen LogP contribution >= 0.6 is 0 Å². The fraction of sp³-hybridized carbons (Fsp3) is 0.308. The first-order valence-corrected chi connectivity index (χ1v) is 5.58. The molecule has 18 heavy (non-hydrogen) atoms. The zero-order chi connectivity index (χ0) is 13.5. The van der Waals surface area contributed by atoms with Gasteiger partial charge in [-0.25, -0.2) is 14.8 Å². The lowest BCUT2D eigenvalue weighted by atomic mass is 10.2. The molecule has 5 heteroatoms. The number of aromatic nitrogens is 1. The molecule has 0 atom stereocenters. The molecule has 0 spiro atoms. The van der Waals surface area contributed by atoms with Gasteiger partial charge >= 0.3 is 5.97 Å². The summed E-state index contributed by atoms with van der Waals surface area (Å²) in [6.07, 6.45) is 4.70. The van der Waals surface area contributed by atoms with Crippen LogP contribution in [0.3, 0.4) is 0 Å². The van der Waals surface area contributed by atoms with Crippen molar-refractivity contribution < 1.29 is 9.53 Å². The van der Waals surface area contributed by atoms with Crippen LogP contribution in [0.5, 0.6) is 0 Å². The van der Waals surface area contributed by atoms with Gasteiger partial charge in [0.15, 0.2) is 5.82 Å². The summed E-state index contributed by atoms with van der Waals surface area (Å²) in [5, 5.41) is 0. The first-order valence-electron chi connectivity index (χ1n) is 5.58. The minimum absolute atomic E-state index is 0.336. The highest BCUT2D eigenvalue weighted by Gasteiger charge is 2.09. The number of pyridine rings is 1. The third-order valence-electron chi connectivity index (χ3n) is 2.04. The molecule has 1 heterocycles. The van der Waals surface area contributed by atoms with Gasteiger partial charge in [-0.2, -0.15) is 0 Å². The van der Waals surface area contributed by atoms with E-state index in [1.54, 1.807) is 30.3 Å². The van der Waals surface area contributed by atoms with Crippen molar-refractivity contribution in [2.24, 2.45) is 4.99 Å². The zero-order valence-electron chi connectivity index (χ0n) is 10.9. The van der Waals surface area contributed by atoms with Crippen LogP contribution in [0.15, 0.2) is 23.8 Å². The monoisotopic (exact) mass is 247 g/mol. The van der Waals surface area contributed by atoms with Crippen molar-refractivity contribution in [3.8, 4) is 0 Å². The fourth-order valence-electron chi connectivity index (χ4n) is 1.23. The maximum Gasteiger partial charge on any atom is 0.339 e. The fourth-order valence-corrected chi connectivity index (χ4v) is 1.23. The number of rotatable bonds is 5. The Morgan fingerprint density at radius 3 is 2.89 bits per heavy atom. The second kappa shape index (κ2) is 6.54. The molecule has 1 aromatic rings. The Morgan fingerprint density at radius 1 is 1.61 bits per heavy atom. The van der Waals surface area contributed by atoms with Crippen molar-refractivity contribution in [3.05, 3.63) is 30.0 Å². The molecule has 0 saturated carbocycles. The minimum atomic E-state index is -0.392. The molecular weight excluding hydrogens is 230 g/mol. The number of aliphatic imine (C=N–C) groups is 1. The summed E-state index contributed by atoms with van der Waals surface area (Å²) in [5.74, 6) is 0.128. The highest BCUT2D eigenvalue weighted by Crippen LogP contribution is 2.18. The molecule has 0 aliphatic carbocycles. The molecule has 0 unspecified atom stereocenters. The van der Waals surface area contributed by atoms with E-state index in [2.05, 4.69) is 16.6 Å². The Morgan fingerprint density at radius 2 is 2.33 bits per heavy atom. The van der Waals surface area contributed by atoms with Gasteiger partial charge < -0.3 is 9.64 Å². The highest BCUT2D eigenvalue weighted by molar-refractivity contribution is 5.90. The minimum Gasteiger partial charge on any atom is -0.462 e. The molecule has 96 valence electrons. The predicted octanol–water partition coefficient (Wildman–Crippen LogP) is 2.12. The van der Waals surface area contributed by atoms with E-state index in [9.17, 15) is 4.79 Å². The lowest BCUT2D eigenvalue weighted by Gasteiger charge is -2.06.